The fourth-order valence-corrected chi connectivity index (χ4v) is 3.76. The Labute approximate surface area is 158 Å². The van der Waals surface area contributed by atoms with Crippen molar-refractivity contribution in [1.82, 2.24) is 14.5 Å². The zero-order valence-electron chi connectivity index (χ0n) is 14.7. The summed E-state index contributed by atoms with van der Waals surface area (Å²) in [6.45, 7) is 1.77. The number of hydrogen-bond acceptors (Lipinski definition) is 6. The van der Waals surface area contributed by atoms with Crippen LogP contribution in [0.25, 0.3) is 21.1 Å². The highest BCUT2D eigenvalue weighted by Gasteiger charge is 2.12. The lowest BCUT2D eigenvalue weighted by molar-refractivity contribution is -0.116. The number of thiazole rings is 1. The van der Waals surface area contributed by atoms with Crippen LogP contribution >= 0.6 is 11.3 Å². The molecule has 4 rings (SSSR count). The van der Waals surface area contributed by atoms with E-state index in [0.29, 0.717) is 16.0 Å². The topological polar surface area (TPSA) is 86.1 Å². The van der Waals surface area contributed by atoms with Crippen LogP contribution in [0, 0.1) is 6.92 Å². The third-order valence-electron chi connectivity index (χ3n) is 4.21. The van der Waals surface area contributed by atoms with Gasteiger partial charge in [-0.3, -0.25) is 14.2 Å². The van der Waals surface area contributed by atoms with Gasteiger partial charge >= 0.3 is 0 Å². The number of nitrogens with zero attached hydrogens (tertiary/aromatic N) is 3. The lowest BCUT2D eigenvalue weighted by Crippen LogP contribution is -2.28. The maximum atomic E-state index is 12.6. The molecule has 7 nitrogen and oxygen atoms in total. The minimum Gasteiger partial charge on any atom is -0.497 e. The van der Waals surface area contributed by atoms with E-state index in [-0.39, 0.29) is 18.0 Å². The molecule has 0 spiro atoms. The number of carbonyl (C=O) groups is 1. The molecule has 2 aromatic carbocycles. The van der Waals surface area contributed by atoms with E-state index in [4.69, 9.17) is 4.74 Å². The summed E-state index contributed by atoms with van der Waals surface area (Å²) in [4.78, 5) is 33.7. The average molecular weight is 380 g/mol. The van der Waals surface area contributed by atoms with Gasteiger partial charge < -0.3 is 10.1 Å². The van der Waals surface area contributed by atoms with Crippen molar-refractivity contribution in [2.24, 2.45) is 0 Å². The van der Waals surface area contributed by atoms with E-state index in [0.717, 1.165) is 21.5 Å². The SMILES string of the molecule is COc1ccc2nc(NC(=O)Cn3cnc4c(C)cccc4c3=O)sc2c1. The zero-order valence-corrected chi connectivity index (χ0v) is 15.5. The van der Waals surface area contributed by atoms with E-state index in [1.807, 2.05) is 31.2 Å². The van der Waals surface area contributed by atoms with Crippen molar-refractivity contribution < 1.29 is 9.53 Å². The van der Waals surface area contributed by atoms with Gasteiger partial charge in [0, 0.05) is 0 Å². The van der Waals surface area contributed by atoms with Gasteiger partial charge in [-0.05, 0) is 36.8 Å². The minimum atomic E-state index is -0.336. The van der Waals surface area contributed by atoms with E-state index in [1.54, 1.807) is 19.2 Å². The molecule has 0 bridgehead atoms. The Morgan fingerprint density at radius 1 is 1.30 bits per heavy atom. The highest BCUT2D eigenvalue weighted by atomic mass is 32.1. The minimum absolute atomic E-state index is 0.130. The predicted molar refractivity (Wildman–Crippen MR) is 106 cm³/mol. The number of hydrogen-bond donors (Lipinski definition) is 1. The van der Waals surface area contributed by atoms with Gasteiger partial charge in [0.25, 0.3) is 5.56 Å². The molecule has 0 aliphatic rings. The Balaban J connectivity index is 1.57. The Morgan fingerprint density at radius 3 is 2.96 bits per heavy atom. The number of aromatic nitrogens is 3. The van der Waals surface area contributed by atoms with Crippen molar-refractivity contribution in [2.75, 3.05) is 12.4 Å². The van der Waals surface area contributed by atoms with Gasteiger partial charge in [-0.2, -0.15) is 0 Å². The lowest BCUT2D eigenvalue weighted by Gasteiger charge is -2.07. The predicted octanol–water partition coefficient (Wildman–Crippen LogP) is 2.96. The molecule has 0 saturated carbocycles. The molecule has 0 saturated heterocycles. The summed E-state index contributed by atoms with van der Waals surface area (Å²) >= 11 is 1.35. The molecular weight excluding hydrogens is 364 g/mol. The van der Waals surface area contributed by atoms with Gasteiger partial charge in [-0.15, -0.1) is 0 Å². The van der Waals surface area contributed by atoms with Crippen LogP contribution in [0.3, 0.4) is 0 Å². The van der Waals surface area contributed by atoms with Crippen LogP contribution in [-0.2, 0) is 11.3 Å². The number of methoxy groups -OCH3 is 1. The van der Waals surface area contributed by atoms with Crippen LogP contribution in [0.5, 0.6) is 5.75 Å². The Hall–Kier alpha value is -3.26. The number of benzene rings is 2. The second-order valence-corrected chi connectivity index (χ2v) is 7.08. The molecule has 1 N–H and O–H groups in total. The van der Waals surface area contributed by atoms with Gasteiger partial charge in [-0.1, -0.05) is 23.5 Å². The highest BCUT2D eigenvalue weighted by Crippen LogP contribution is 2.29. The zero-order chi connectivity index (χ0) is 19.0. The van der Waals surface area contributed by atoms with Gasteiger partial charge in [0.15, 0.2) is 5.13 Å². The molecule has 2 heterocycles. The van der Waals surface area contributed by atoms with Crippen molar-refractivity contribution >= 4 is 43.5 Å². The summed E-state index contributed by atoms with van der Waals surface area (Å²) in [7, 11) is 1.60. The molecule has 4 aromatic rings. The molecule has 27 heavy (non-hydrogen) atoms. The standard InChI is InChI=1S/C19H16N4O3S/c1-11-4-3-5-13-17(11)20-10-23(18(13)25)9-16(24)22-19-21-14-7-6-12(26-2)8-15(14)27-19/h3-8,10H,9H2,1-2H3,(H,21,22,24). The molecule has 0 fully saturated rings. The number of aryl methyl sites for hydroxylation is 1. The summed E-state index contributed by atoms with van der Waals surface area (Å²) in [5.74, 6) is 0.394. The smallest absolute Gasteiger partial charge is 0.261 e. The van der Waals surface area contributed by atoms with Crippen molar-refractivity contribution in [3.63, 3.8) is 0 Å². The molecule has 0 aliphatic carbocycles. The molecule has 8 heteroatoms. The van der Waals surface area contributed by atoms with Gasteiger partial charge in [-0.25, -0.2) is 9.97 Å². The van der Waals surface area contributed by atoms with Crippen LogP contribution in [0.15, 0.2) is 47.5 Å². The van der Waals surface area contributed by atoms with Crippen molar-refractivity contribution in [3.05, 3.63) is 58.6 Å². The van der Waals surface area contributed by atoms with Gasteiger partial charge in [0.1, 0.15) is 12.3 Å². The Kier molecular flexibility index (Phi) is 4.33. The van der Waals surface area contributed by atoms with E-state index in [9.17, 15) is 9.59 Å². The van der Waals surface area contributed by atoms with Crippen molar-refractivity contribution in [3.8, 4) is 5.75 Å². The Morgan fingerprint density at radius 2 is 2.15 bits per heavy atom. The number of ether oxygens (including phenoxy) is 1. The van der Waals surface area contributed by atoms with E-state index in [2.05, 4.69) is 15.3 Å². The second-order valence-electron chi connectivity index (χ2n) is 6.05. The quantitative estimate of drug-likeness (QED) is 0.588. The largest absolute Gasteiger partial charge is 0.497 e. The maximum absolute atomic E-state index is 12.6. The van der Waals surface area contributed by atoms with Crippen molar-refractivity contribution in [2.45, 2.75) is 13.5 Å². The second kappa shape index (κ2) is 6.81. The molecule has 0 radical (unpaired) electrons. The fourth-order valence-electron chi connectivity index (χ4n) is 2.85. The summed E-state index contributed by atoms with van der Waals surface area (Å²) in [5.41, 5.74) is 2.11. The molecule has 0 aliphatic heterocycles. The molecule has 136 valence electrons. The normalized spacial score (nSPS) is 11.0. The summed E-state index contributed by atoms with van der Waals surface area (Å²) in [5, 5.41) is 3.71. The Bertz CT molecular complexity index is 1230. The van der Waals surface area contributed by atoms with Crippen LogP contribution in [0.2, 0.25) is 0 Å². The van der Waals surface area contributed by atoms with E-state index in [1.165, 1.54) is 22.2 Å². The number of rotatable bonds is 4. The van der Waals surface area contributed by atoms with Crippen LogP contribution in [0.1, 0.15) is 5.56 Å². The third-order valence-corrected chi connectivity index (χ3v) is 5.14. The lowest BCUT2D eigenvalue weighted by atomic mass is 10.1. The first-order valence-corrected chi connectivity index (χ1v) is 9.06. The summed E-state index contributed by atoms with van der Waals surface area (Å²) < 4.78 is 7.40. The van der Waals surface area contributed by atoms with E-state index >= 15 is 0 Å². The number of amides is 1. The van der Waals surface area contributed by atoms with E-state index < -0.39 is 0 Å². The number of nitrogens with one attached hydrogen (secondary N) is 1. The number of para-hydroxylation sites is 1. The van der Waals surface area contributed by atoms with Crippen molar-refractivity contribution in [1.29, 1.82) is 0 Å². The fraction of sp³-hybridized carbons (Fsp3) is 0.158. The van der Waals surface area contributed by atoms with Crippen LogP contribution in [-0.4, -0.2) is 27.6 Å². The number of carbonyl (C=O) groups excluding carboxylic acids is 1. The van der Waals surface area contributed by atoms with Crippen LogP contribution < -0.4 is 15.6 Å². The third kappa shape index (κ3) is 3.26. The molecular formula is C19H16N4O3S. The van der Waals surface area contributed by atoms with Gasteiger partial charge in [0.05, 0.1) is 34.6 Å². The average Bonchev–Trinajstić information content (AvgIpc) is 3.05. The summed E-state index contributed by atoms with van der Waals surface area (Å²) in [6.07, 6.45) is 1.40. The molecule has 0 unspecified atom stereocenters. The monoisotopic (exact) mass is 380 g/mol. The molecule has 1 amide bonds. The first-order valence-electron chi connectivity index (χ1n) is 8.24. The summed E-state index contributed by atoms with van der Waals surface area (Å²) in [6, 6.07) is 10.9. The highest BCUT2D eigenvalue weighted by molar-refractivity contribution is 7.22. The first-order chi connectivity index (χ1) is 13.0. The number of anilines is 1. The molecule has 0 atom stereocenters. The molecule has 2 aromatic heterocycles. The van der Waals surface area contributed by atoms with Crippen LogP contribution in [0.4, 0.5) is 5.13 Å². The van der Waals surface area contributed by atoms with Gasteiger partial charge in [0.2, 0.25) is 5.91 Å². The first kappa shape index (κ1) is 17.2. The number of fused-ring (bicyclic) bond motifs is 2. The maximum Gasteiger partial charge on any atom is 0.261 e.